The fourth-order valence-corrected chi connectivity index (χ4v) is 3.30. The van der Waals surface area contributed by atoms with E-state index < -0.39 is 0 Å². The maximum atomic E-state index is 12.7. The number of nitrogens with zero attached hydrogens (tertiary/aromatic N) is 2. The molecule has 1 aliphatic heterocycles. The van der Waals surface area contributed by atoms with Gasteiger partial charge in [0, 0.05) is 29.1 Å². The highest BCUT2D eigenvalue weighted by Crippen LogP contribution is 2.22. The number of rotatable bonds is 6. The van der Waals surface area contributed by atoms with Gasteiger partial charge in [-0.15, -0.1) is 0 Å². The third-order valence-corrected chi connectivity index (χ3v) is 4.97. The fraction of sp³-hybridized carbons (Fsp3) is 0.333. The summed E-state index contributed by atoms with van der Waals surface area (Å²) < 4.78 is 0. The Morgan fingerprint density at radius 3 is 2.61 bits per heavy atom. The summed E-state index contributed by atoms with van der Waals surface area (Å²) in [5.74, 6) is 0. The van der Waals surface area contributed by atoms with E-state index in [0.717, 1.165) is 16.8 Å². The van der Waals surface area contributed by atoms with Gasteiger partial charge in [-0.05, 0) is 43.2 Å². The van der Waals surface area contributed by atoms with Crippen LogP contribution in [-0.4, -0.2) is 35.3 Å². The van der Waals surface area contributed by atoms with Crippen LogP contribution in [0.1, 0.15) is 31.4 Å². The molecule has 0 aliphatic carbocycles. The molecular formula is C21H23Cl2N3O2. The highest BCUT2D eigenvalue weighted by atomic mass is 35.5. The summed E-state index contributed by atoms with van der Waals surface area (Å²) in [6, 6.07) is 14.9. The van der Waals surface area contributed by atoms with Gasteiger partial charge in [0.25, 0.3) is 0 Å². The van der Waals surface area contributed by atoms with Crippen molar-refractivity contribution in [2.24, 2.45) is 5.16 Å². The first-order valence-electron chi connectivity index (χ1n) is 9.20. The number of hydrogen-bond donors (Lipinski definition) is 1. The van der Waals surface area contributed by atoms with Gasteiger partial charge in [-0.1, -0.05) is 58.7 Å². The summed E-state index contributed by atoms with van der Waals surface area (Å²) in [6.45, 7) is 4.66. The fourth-order valence-electron chi connectivity index (χ4n) is 2.97. The molecule has 5 nitrogen and oxygen atoms in total. The number of nitrogens with one attached hydrogen (secondary N) is 1. The van der Waals surface area contributed by atoms with Crippen molar-refractivity contribution in [3.8, 4) is 0 Å². The molecule has 148 valence electrons. The predicted octanol–water partition coefficient (Wildman–Crippen LogP) is 5.11. The number of carbonyl (C=O) groups excluding carboxylic acids is 1. The lowest BCUT2D eigenvalue weighted by atomic mass is 10.0. The average molecular weight is 420 g/mol. The Kier molecular flexibility index (Phi) is 6.81. The molecule has 0 spiro atoms. The van der Waals surface area contributed by atoms with Crippen LogP contribution in [0, 0.1) is 0 Å². The maximum Gasteiger partial charge on any atom is 0.318 e. The Labute approximate surface area is 175 Å². The Morgan fingerprint density at radius 1 is 1.21 bits per heavy atom. The molecule has 0 saturated heterocycles. The Balaban J connectivity index is 1.68. The molecule has 0 bridgehead atoms. The third-order valence-electron chi connectivity index (χ3n) is 4.35. The van der Waals surface area contributed by atoms with Crippen molar-refractivity contribution in [2.75, 3.05) is 6.54 Å². The monoisotopic (exact) mass is 419 g/mol. The zero-order valence-electron chi connectivity index (χ0n) is 15.9. The first-order chi connectivity index (χ1) is 13.4. The molecule has 0 radical (unpaired) electrons. The van der Waals surface area contributed by atoms with Crippen molar-refractivity contribution in [1.29, 1.82) is 0 Å². The summed E-state index contributed by atoms with van der Waals surface area (Å²) in [5, 5.41) is 8.46. The smallest absolute Gasteiger partial charge is 0.318 e. The van der Waals surface area contributed by atoms with Gasteiger partial charge >= 0.3 is 6.03 Å². The van der Waals surface area contributed by atoms with Crippen LogP contribution < -0.4 is 5.32 Å². The van der Waals surface area contributed by atoms with Crippen molar-refractivity contribution in [3.63, 3.8) is 0 Å². The average Bonchev–Trinajstić information content (AvgIpc) is 3.11. The normalized spacial score (nSPS) is 15.9. The van der Waals surface area contributed by atoms with Crippen LogP contribution in [0.25, 0.3) is 0 Å². The van der Waals surface area contributed by atoms with Crippen LogP contribution in [0.2, 0.25) is 10.0 Å². The van der Waals surface area contributed by atoms with Gasteiger partial charge in [0.2, 0.25) is 0 Å². The van der Waals surface area contributed by atoms with Gasteiger partial charge < -0.3 is 15.1 Å². The summed E-state index contributed by atoms with van der Waals surface area (Å²) in [6.07, 6.45) is 0.404. The lowest BCUT2D eigenvalue weighted by molar-refractivity contribution is 0.0586. The molecule has 0 aromatic heterocycles. The van der Waals surface area contributed by atoms with Crippen LogP contribution in [0.15, 0.2) is 53.7 Å². The quantitative estimate of drug-likeness (QED) is 0.707. The Hall–Kier alpha value is -2.24. The summed E-state index contributed by atoms with van der Waals surface area (Å²) in [7, 11) is 0. The second kappa shape index (κ2) is 9.30. The molecule has 2 aromatic carbocycles. The number of amides is 2. The van der Waals surface area contributed by atoms with E-state index in [4.69, 9.17) is 28.0 Å². The number of halogens is 2. The van der Waals surface area contributed by atoms with Crippen molar-refractivity contribution in [2.45, 2.75) is 39.0 Å². The van der Waals surface area contributed by atoms with Crippen LogP contribution in [0.3, 0.4) is 0 Å². The SMILES string of the molecule is CC(C)NC(=O)N(Cc1ccccc1Cl)C[C@@H]1CC(c2ccc(Cl)cc2)=NO1. The molecule has 28 heavy (non-hydrogen) atoms. The molecule has 1 N–H and O–H groups in total. The zero-order valence-corrected chi connectivity index (χ0v) is 17.4. The van der Waals surface area contributed by atoms with Crippen LogP contribution in [0.4, 0.5) is 4.79 Å². The standard InChI is InChI=1S/C21H23Cl2N3O2/c1-14(2)24-21(27)26(12-16-5-3-4-6-19(16)23)13-18-11-20(25-28-18)15-7-9-17(22)10-8-15/h3-10,14,18H,11-13H2,1-2H3,(H,24,27)/t18-/m0/s1. The molecule has 0 unspecified atom stereocenters. The number of urea groups is 1. The van der Waals surface area contributed by atoms with E-state index in [1.165, 1.54) is 0 Å². The second-order valence-corrected chi connectivity index (χ2v) is 7.90. The van der Waals surface area contributed by atoms with Crippen molar-refractivity contribution in [1.82, 2.24) is 10.2 Å². The van der Waals surface area contributed by atoms with Crippen molar-refractivity contribution < 1.29 is 9.63 Å². The second-order valence-electron chi connectivity index (χ2n) is 7.05. The molecule has 2 aromatic rings. The lowest BCUT2D eigenvalue weighted by Crippen LogP contribution is -2.45. The van der Waals surface area contributed by atoms with Gasteiger partial charge in [-0.25, -0.2) is 4.79 Å². The van der Waals surface area contributed by atoms with Crippen LogP contribution in [-0.2, 0) is 11.4 Å². The van der Waals surface area contributed by atoms with E-state index >= 15 is 0 Å². The first kappa shape index (κ1) is 20.5. The summed E-state index contributed by atoms with van der Waals surface area (Å²) in [5.41, 5.74) is 2.71. The van der Waals surface area contributed by atoms with Gasteiger partial charge in [-0.2, -0.15) is 0 Å². The number of oxime groups is 1. The Morgan fingerprint density at radius 2 is 1.93 bits per heavy atom. The van der Waals surface area contributed by atoms with E-state index in [0.29, 0.717) is 29.6 Å². The van der Waals surface area contributed by atoms with Gasteiger partial charge in [0.05, 0.1) is 12.3 Å². The molecule has 7 heteroatoms. The highest BCUT2D eigenvalue weighted by Gasteiger charge is 2.27. The number of benzene rings is 2. The number of hydrogen-bond acceptors (Lipinski definition) is 3. The lowest BCUT2D eigenvalue weighted by Gasteiger charge is -2.26. The van der Waals surface area contributed by atoms with Crippen LogP contribution >= 0.6 is 23.2 Å². The van der Waals surface area contributed by atoms with E-state index in [1.807, 2.05) is 62.4 Å². The minimum atomic E-state index is -0.217. The van der Waals surface area contributed by atoms with E-state index in [9.17, 15) is 4.79 Å². The van der Waals surface area contributed by atoms with E-state index in [-0.39, 0.29) is 18.2 Å². The van der Waals surface area contributed by atoms with Gasteiger partial charge in [0.1, 0.15) is 0 Å². The molecule has 0 fully saturated rings. The van der Waals surface area contributed by atoms with E-state index in [1.54, 1.807) is 4.90 Å². The van der Waals surface area contributed by atoms with Crippen molar-refractivity contribution >= 4 is 34.9 Å². The number of carbonyl (C=O) groups is 1. The first-order valence-corrected chi connectivity index (χ1v) is 9.95. The molecule has 1 heterocycles. The Bertz CT molecular complexity index is 853. The van der Waals surface area contributed by atoms with Gasteiger partial charge in [0.15, 0.2) is 6.10 Å². The molecule has 3 rings (SSSR count). The molecule has 1 aliphatic rings. The van der Waals surface area contributed by atoms with Crippen LogP contribution in [0.5, 0.6) is 0 Å². The predicted molar refractivity (Wildman–Crippen MR) is 113 cm³/mol. The topological polar surface area (TPSA) is 53.9 Å². The largest absolute Gasteiger partial charge is 0.390 e. The molecule has 1 atom stereocenters. The molecule has 0 saturated carbocycles. The third kappa shape index (κ3) is 5.40. The minimum Gasteiger partial charge on any atom is -0.390 e. The van der Waals surface area contributed by atoms with E-state index in [2.05, 4.69) is 10.5 Å². The maximum absolute atomic E-state index is 12.7. The van der Waals surface area contributed by atoms with Gasteiger partial charge in [-0.3, -0.25) is 0 Å². The summed E-state index contributed by atoms with van der Waals surface area (Å²) in [4.78, 5) is 20.0. The zero-order chi connectivity index (χ0) is 20.1. The summed E-state index contributed by atoms with van der Waals surface area (Å²) >= 11 is 12.2. The molecular weight excluding hydrogens is 397 g/mol. The molecule has 2 amide bonds. The highest BCUT2D eigenvalue weighted by molar-refractivity contribution is 6.31. The minimum absolute atomic E-state index is 0.0339. The van der Waals surface area contributed by atoms with Crippen molar-refractivity contribution in [3.05, 3.63) is 69.7 Å².